The molecule has 0 saturated heterocycles. The van der Waals surface area contributed by atoms with Crippen molar-refractivity contribution in [2.45, 2.75) is 4.90 Å². The van der Waals surface area contributed by atoms with Crippen LogP contribution in [0.15, 0.2) is 53.6 Å². The van der Waals surface area contributed by atoms with E-state index in [0.717, 1.165) is 0 Å². The van der Waals surface area contributed by atoms with Gasteiger partial charge in [-0.3, -0.25) is 14.6 Å². The molecule has 0 spiro atoms. The summed E-state index contributed by atoms with van der Waals surface area (Å²) in [6, 6.07) is 10.6. The van der Waals surface area contributed by atoms with Crippen molar-refractivity contribution in [1.29, 1.82) is 0 Å². The first-order valence-electron chi connectivity index (χ1n) is 6.12. The molecular weight excluding hydrogens is 292 g/mol. The van der Waals surface area contributed by atoms with E-state index in [2.05, 4.69) is 4.98 Å². The molecule has 0 atom stereocenters. The molecular formula is C14H10N2O4S. The molecule has 1 aromatic carbocycles. The highest BCUT2D eigenvalue weighted by molar-refractivity contribution is 7.90. The number of carbonyl (C=O) groups excluding carboxylic acids is 2. The van der Waals surface area contributed by atoms with Gasteiger partial charge in [-0.05, 0) is 24.3 Å². The Morgan fingerprint density at radius 1 is 1.10 bits per heavy atom. The summed E-state index contributed by atoms with van der Waals surface area (Å²) in [7, 11) is -3.96. The minimum absolute atomic E-state index is 0.0659. The van der Waals surface area contributed by atoms with E-state index in [4.69, 9.17) is 0 Å². The SMILES string of the molecule is O=C(CN1C(=O)c2ccccc2S1(=O)=O)c1ccccn1. The number of pyridine rings is 1. The zero-order valence-electron chi connectivity index (χ0n) is 10.8. The minimum atomic E-state index is -3.96. The topological polar surface area (TPSA) is 84.4 Å². The molecule has 2 heterocycles. The maximum absolute atomic E-state index is 12.3. The predicted molar refractivity (Wildman–Crippen MR) is 73.2 cm³/mol. The van der Waals surface area contributed by atoms with Gasteiger partial charge in [0.15, 0.2) is 0 Å². The highest BCUT2D eigenvalue weighted by Crippen LogP contribution is 2.29. The summed E-state index contributed by atoms with van der Waals surface area (Å²) >= 11 is 0. The van der Waals surface area contributed by atoms with E-state index in [0.29, 0.717) is 4.31 Å². The first-order chi connectivity index (χ1) is 10.0. The number of hydrogen-bond donors (Lipinski definition) is 0. The van der Waals surface area contributed by atoms with Crippen molar-refractivity contribution in [3.63, 3.8) is 0 Å². The van der Waals surface area contributed by atoms with Crippen molar-refractivity contribution in [2.24, 2.45) is 0 Å². The van der Waals surface area contributed by atoms with E-state index in [-0.39, 0.29) is 16.2 Å². The van der Waals surface area contributed by atoms with Crippen LogP contribution in [0.1, 0.15) is 20.8 Å². The molecule has 0 unspecified atom stereocenters. The quantitative estimate of drug-likeness (QED) is 0.793. The maximum Gasteiger partial charge on any atom is 0.269 e. The molecule has 2 aromatic rings. The third-order valence-electron chi connectivity index (χ3n) is 3.15. The Labute approximate surface area is 121 Å². The molecule has 21 heavy (non-hydrogen) atoms. The smallest absolute Gasteiger partial charge is 0.269 e. The Morgan fingerprint density at radius 3 is 2.48 bits per heavy atom. The summed E-state index contributed by atoms with van der Waals surface area (Å²) in [4.78, 5) is 28.0. The number of Topliss-reactive ketones (excluding diaryl/α,β-unsaturated/α-hetero) is 1. The Balaban J connectivity index is 1.95. The molecule has 1 aromatic heterocycles. The highest BCUT2D eigenvalue weighted by atomic mass is 32.2. The van der Waals surface area contributed by atoms with Crippen LogP contribution in [0.2, 0.25) is 0 Å². The average Bonchev–Trinajstić information content (AvgIpc) is 2.70. The van der Waals surface area contributed by atoms with Crippen LogP contribution >= 0.6 is 0 Å². The van der Waals surface area contributed by atoms with Crippen molar-refractivity contribution in [1.82, 2.24) is 9.29 Å². The van der Waals surface area contributed by atoms with Crippen LogP contribution in [0, 0.1) is 0 Å². The van der Waals surface area contributed by atoms with Crippen LogP contribution in [0.5, 0.6) is 0 Å². The molecule has 1 amide bonds. The summed E-state index contributed by atoms with van der Waals surface area (Å²) in [6.45, 7) is -0.549. The Hall–Kier alpha value is -2.54. The number of benzene rings is 1. The first-order valence-corrected chi connectivity index (χ1v) is 7.56. The van der Waals surface area contributed by atoms with Crippen LogP contribution in [0.4, 0.5) is 0 Å². The van der Waals surface area contributed by atoms with E-state index in [1.807, 2.05) is 0 Å². The fourth-order valence-electron chi connectivity index (χ4n) is 2.13. The molecule has 0 N–H and O–H groups in total. The Bertz CT molecular complexity index is 831. The van der Waals surface area contributed by atoms with Crippen LogP contribution in [-0.2, 0) is 10.0 Å². The number of aromatic nitrogens is 1. The third-order valence-corrected chi connectivity index (χ3v) is 4.94. The zero-order valence-corrected chi connectivity index (χ0v) is 11.6. The van der Waals surface area contributed by atoms with Crippen molar-refractivity contribution in [3.05, 3.63) is 59.9 Å². The van der Waals surface area contributed by atoms with E-state index >= 15 is 0 Å². The van der Waals surface area contributed by atoms with Crippen LogP contribution in [-0.4, -0.2) is 35.9 Å². The summed E-state index contributed by atoms with van der Waals surface area (Å²) in [6.07, 6.45) is 1.43. The minimum Gasteiger partial charge on any atom is -0.290 e. The summed E-state index contributed by atoms with van der Waals surface area (Å²) in [5.41, 5.74) is 0.211. The average molecular weight is 302 g/mol. The summed E-state index contributed by atoms with van der Waals surface area (Å²) in [5, 5.41) is 0. The number of ketones is 1. The number of sulfonamides is 1. The number of carbonyl (C=O) groups is 2. The maximum atomic E-state index is 12.3. The molecule has 1 aliphatic rings. The zero-order chi connectivity index (χ0) is 15.0. The summed E-state index contributed by atoms with van der Waals surface area (Å²) in [5.74, 6) is -1.21. The molecule has 6 nitrogen and oxygen atoms in total. The van der Waals surface area contributed by atoms with Gasteiger partial charge in [0.25, 0.3) is 15.9 Å². The molecule has 0 bridgehead atoms. The largest absolute Gasteiger partial charge is 0.290 e. The van der Waals surface area contributed by atoms with E-state index in [1.165, 1.54) is 30.5 Å². The fourth-order valence-corrected chi connectivity index (χ4v) is 3.65. The second kappa shape index (κ2) is 4.78. The number of fused-ring (bicyclic) bond motifs is 1. The molecule has 0 aliphatic carbocycles. The van der Waals surface area contributed by atoms with Crippen LogP contribution in [0.25, 0.3) is 0 Å². The molecule has 1 aliphatic heterocycles. The van der Waals surface area contributed by atoms with Crippen LogP contribution in [0.3, 0.4) is 0 Å². The monoisotopic (exact) mass is 302 g/mol. The lowest BCUT2D eigenvalue weighted by Gasteiger charge is -2.13. The van der Waals surface area contributed by atoms with Crippen molar-refractivity contribution >= 4 is 21.7 Å². The van der Waals surface area contributed by atoms with Gasteiger partial charge >= 0.3 is 0 Å². The Morgan fingerprint density at radius 2 is 1.81 bits per heavy atom. The molecule has 7 heteroatoms. The lowest BCUT2D eigenvalue weighted by molar-refractivity contribution is 0.0819. The van der Waals surface area contributed by atoms with Gasteiger partial charge in [0.05, 0.1) is 5.56 Å². The van der Waals surface area contributed by atoms with Gasteiger partial charge in [-0.25, -0.2) is 12.7 Å². The van der Waals surface area contributed by atoms with Crippen LogP contribution < -0.4 is 0 Å². The first kappa shape index (κ1) is 13.4. The fraction of sp³-hybridized carbons (Fsp3) is 0.0714. The second-order valence-corrected chi connectivity index (χ2v) is 6.28. The number of rotatable bonds is 3. The predicted octanol–water partition coefficient (Wildman–Crippen LogP) is 1.11. The lowest BCUT2D eigenvalue weighted by atomic mass is 10.2. The van der Waals surface area contributed by atoms with E-state index in [1.54, 1.807) is 18.2 Å². The highest BCUT2D eigenvalue weighted by Gasteiger charge is 2.41. The molecule has 0 radical (unpaired) electrons. The van der Waals surface area contributed by atoms with Gasteiger partial charge in [0.1, 0.15) is 17.1 Å². The standard InChI is InChI=1S/C14H10N2O4S/c17-12(11-6-3-4-8-15-11)9-16-14(18)10-5-1-2-7-13(10)21(16,19)20/h1-8H,9H2. The molecule has 106 valence electrons. The van der Waals surface area contributed by atoms with Gasteiger partial charge in [0.2, 0.25) is 5.78 Å². The molecule has 0 saturated carbocycles. The lowest BCUT2D eigenvalue weighted by Crippen LogP contribution is -2.35. The van der Waals surface area contributed by atoms with Gasteiger partial charge in [-0.1, -0.05) is 18.2 Å². The van der Waals surface area contributed by atoms with Gasteiger partial charge < -0.3 is 0 Å². The number of nitrogens with zero attached hydrogens (tertiary/aromatic N) is 2. The Kier molecular flexibility index (Phi) is 3.06. The number of amides is 1. The van der Waals surface area contributed by atoms with Gasteiger partial charge in [-0.15, -0.1) is 0 Å². The van der Waals surface area contributed by atoms with E-state index in [9.17, 15) is 18.0 Å². The number of hydrogen-bond acceptors (Lipinski definition) is 5. The summed E-state index contributed by atoms with van der Waals surface area (Å²) < 4.78 is 25.2. The van der Waals surface area contributed by atoms with Crippen molar-refractivity contribution in [3.8, 4) is 0 Å². The van der Waals surface area contributed by atoms with Gasteiger partial charge in [-0.2, -0.15) is 0 Å². The van der Waals surface area contributed by atoms with Crippen molar-refractivity contribution in [2.75, 3.05) is 6.54 Å². The molecule has 0 fully saturated rings. The normalized spacial score (nSPS) is 15.8. The molecule has 3 rings (SSSR count). The van der Waals surface area contributed by atoms with Gasteiger partial charge in [0, 0.05) is 6.20 Å². The van der Waals surface area contributed by atoms with E-state index < -0.39 is 28.3 Å². The third kappa shape index (κ3) is 2.11. The second-order valence-electron chi connectivity index (χ2n) is 4.45. The van der Waals surface area contributed by atoms with Crippen molar-refractivity contribution < 1.29 is 18.0 Å².